The van der Waals surface area contributed by atoms with Crippen molar-refractivity contribution in [3.63, 3.8) is 0 Å². The lowest BCUT2D eigenvalue weighted by molar-refractivity contribution is 0.0684. The molecule has 0 saturated carbocycles. The van der Waals surface area contributed by atoms with Crippen LogP contribution in [-0.4, -0.2) is 26.8 Å². The molecule has 0 amide bonds. The van der Waals surface area contributed by atoms with Crippen LogP contribution in [-0.2, 0) is 6.42 Å². The molecule has 1 aromatic rings. The van der Waals surface area contributed by atoms with Crippen molar-refractivity contribution in [3.8, 4) is 0 Å². The summed E-state index contributed by atoms with van der Waals surface area (Å²) in [4.78, 5) is 17.1. The molecule has 0 unspecified atom stereocenters. The van der Waals surface area contributed by atoms with E-state index in [1.54, 1.807) is 11.8 Å². The van der Waals surface area contributed by atoms with E-state index >= 15 is 0 Å². The highest BCUT2D eigenvalue weighted by atomic mass is 32.2. The van der Waals surface area contributed by atoms with E-state index in [2.05, 4.69) is 9.97 Å². The molecule has 0 spiro atoms. The number of imidazole rings is 1. The van der Waals surface area contributed by atoms with E-state index in [1.165, 1.54) is 0 Å². The number of thioether (sulfide) groups is 1. The molecule has 5 heteroatoms. The number of aromatic nitrogens is 2. The molecule has 0 bridgehead atoms. The number of H-pyrrole nitrogens is 1. The van der Waals surface area contributed by atoms with Gasteiger partial charge in [0.1, 0.15) is 5.03 Å². The van der Waals surface area contributed by atoms with Crippen LogP contribution in [0.5, 0.6) is 0 Å². The number of aryl methyl sites for hydroxylation is 1. The minimum Gasteiger partial charge on any atom is -0.475 e. The summed E-state index contributed by atoms with van der Waals surface area (Å²) in [5.41, 5.74) is 0.965. The third kappa shape index (κ3) is 1.01. The summed E-state index contributed by atoms with van der Waals surface area (Å²) in [7, 11) is 0. The van der Waals surface area contributed by atoms with Crippen molar-refractivity contribution in [1.29, 1.82) is 0 Å². The predicted molar refractivity (Wildman–Crippen MR) is 40.0 cm³/mol. The Morgan fingerprint density at radius 1 is 1.73 bits per heavy atom. The van der Waals surface area contributed by atoms with Crippen molar-refractivity contribution in [1.82, 2.24) is 9.97 Å². The second-order valence-electron chi connectivity index (χ2n) is 2.27. The van der Waals surface area contributed by atoms with Crippen molar-refractivity contribution in [2.24, 2.45) is 0 Å². The van der Waals surface area contributed by atoms with Crippen LogP contribution < -0.4 is 0 Å². The van der Waals surface area contributed by atoms with E-state index in [0.717, 1.165) is 22.9 Å². The maximum absolute atomic E-state index is 10.4. The quantitative estimate of drug-likeness (QED) is 0.653. The van der Waals surface area contributed by atoms with Gasteiger partial charge in [-0.25, -0.2) is 9.78 Å². The van der Waals surface area contributed by atoms with Gasteiger partial charge in [0.15, 0.2) is 0 Å². The maximum atomic E-state index is 10.4. The number of aromatic carboxylic acids is 1. The first-order valence-corrected chi connectivity index (χ1v) is 4.21. The molecule has 4 nitrogen and oxygen atoms in total. The first kappa shape index (κ1) is 6.72. The number of nitrogens with one attached hydrogen (secondary N) is 1. The molecule has 2 N–H and O–H groups in total. The molecule has 0 fully saturated rings. The molecule has 2 heterocycles. The maximum Gasteiger partial charge on any atom is 0.371 e. The lowest BCUT2D eigenvalue weighted by atomic mass is 10.4. The van der Waals surface area contributed by atoms with E-state index in [9.17, 15) is 4.79 Å². The molecular weight excluding hydrogens is 164 g/mol. The number of carboxylic acid groups (broad SMARTS) is 1. The average molecular weight is 170 g/mol. The van der Waals surface area contributed by atoms with Gasteiger partial charge in [0.2, 0.25) is 5.82 Å². The highest BCUT2D eigenvalue weighted by Crippen LogP contribution is 2.28. The zero-order valence-corrected chi connectivity index (χ0v) is 6.44. The fraction of sp³-hybridized carbons (Fsp3) is 0.333. The number of nitrogens with zero attached hydrogens (tertiary/aromatic N) is 1. The van der Waals surface area contributed by atoms with Gasteiger partial charge in [-0.2, -0.15) is 0 Å². The smallest absolute Gasteiger partial charge is 0.371 e. The molecule has 2 rings (SSSR count). The largest absolute Gasteiger partial charge is 0.475 e. The van der Waals surface area contributed by atoms with Crippen LogP contribution in [0.1, 0.15) is 16.3 Å². The van der Waals surface area contributed by atoms with E-state index in [1.807, 2.05) is 0 Å². The molecule has 0 aliphatic carbocycles. The standard InChI is InChI=1S/C6H6N2O2S/c9-6(10)4-7-3-1-2-11-5(3)8-4/h1-2H2,(H,7,8)(H,9,10). The Hall–Kier alpha value is -0.970. The zero-order valence-electron chi connectivity index (χ0n) is 5.63. The van der Waals surface area contributed by atoms with Gasteiger partial charge in [-0.1, -0.05) is 0 Å². The highest BCUT2D eigenvalue weighted by molar-refractivity contribution is 7.99. The van der Waals surface area contributed by atoms with Crippen LogP contribution in [0.3, 0.4) is 0 Å². The number of hydrogen-bond acceptors (Lipinski definition) is 3. The monoisotopic (exact) mass is 170 g/mol. The highest BCUT2D eigenvalue weighted by Gasteiger charge is 2.19. The van der Waals surface area contributed by atoms with Gasteiger partial charge in [-0.15, -0.1) is 11.8 Å². The van der Waals surface area contributed by atoms with E-state index in [-0.39, 0.29) is 5.82 Å². The Morgan fingerprint density at radius 3 is 3.18 bits per heavy atom. The number of rotatable bonds is 1. The zero-order chi connectivity index (χ0) is 7.84. The molecule has 58 valence electrons. The summed E-state index contributed by atoms with van der Waals surface area (Å²) in [6, 6.07) is 0. The fourth-order valence-electron chi connectivity index (χ4n) is 1.03. The third-order valence-electron chi connectivity index (χ3n) is 1.53. The van der Waals surface area contributed by atoms with Crippen LogP contribution in [0.4, 0.5) is 0 Å². The minimum absolute atomic E-state index is 0.0576. The molecule has 11 heavy (non-hydrogen) atoms. The summed E-state index contributed by atoms with van der Waals surface area (Å²) in [6.45, 7) is 0. The van der Waals surface area contributed by atoms with Crippen LogP contribution in [0, 0.1) is 0 Å². The number of carbonyl (C=O) groups is 1. The van der Waals surface area contributed by atoms with E-state index in [0.29, 0.717) is 0 Å². The lowest BCUT2D eigenvalue weighted by Gasteiger charge is -1.85. The van der Waals surface area contributed by atoms with Crippen LogP contribution in [0.15, 0.2) is 5.03 Å². The van der Waals surface area contributed by atoms with Gasteiger partial charge >= 0.3 is 5.97 Å². The van der Waals surface area contributed by atoms with Crippen LogP contribution in [0.25, 0.3) is 0 Å². The Bertz CT molecular complexity index is 286. The van der Waals surface area contributed by atoms with Crippen molar-refractivity contribution in [2.75, 3.05) is 5.75 Å². The summed E-state index contributed by atoms with van der Waals surface area (Å²) >= 11 is 1.60. The number of aromatic amines is 1. The average Bonchev–Trinajstić information content (AvgIpc) is 2.40. The molecule has 0 aromatic carbocycles. The second kappa shape index (κ2) is 2.27. The van der Waals surface area contributed by atoms with Gasteiger partial charge in [0.05, 0.1) is 5.69 Å². The number of hydrogen-bond donors (Lipinski definition) is 2. The predicted octanol–water partition coefficient (Wildman–Crippen LogP) is 0.756. The Labute approximate surface area is 67.0 Å². The van der Waals surface area contributed by atoms with Crippen LogP contribution >= 0.6 is 11.8 Å². The fourth-order valence-corrected chi connectivity index (χ4v) is 2.02. The molecular formula is C6H6N2O2S. The van der Waals surface area contributed by atoms with Crippen molar-refractivity contribution in [3.05, 3.63) is 11.5 Å². The first-order valence-electron chi connectivity index (χ1n) is 3.22. The molecule has 0 atom stereocenters. The number of fused-ring (bicyclic) bond motifs is 1. The third-order valence-corrected chi connectivity index (χ3v) is 2.55. The molecule has 1 aromatic heterocycles. The van der Waals surface area contributed by atoms with Gasteiger partial charge < -0.3 is 10.1 Å². The van der Waals surface area contributed by atoms with Gasteiger partial charge in [0.25, 0.3) is 0 Å². The summed E-state index contributed by atoms with van der Waals surface area (Å²) in [6.07, 6.45) is 0.903. The first-order chi connectivity index (χ1) is 5.27. The Morgan fingerprint density at radius 2 is 2.55 bits per heavy atom. The molecule has 1 aliphatic rings. The minimum atomic E-state index is -0.986. The van der Waals surface area contributed by atoms with Gasteiger partial charge in [-0.3, -0.25) is 0 Å². The van der Waals surface area contributed by atoms with E-state index in [4.69, 9.17) is 5.11 Å². The molecule has 0 saturated heterocycles. The summed E-state index contributed by atoms with van der Waals surface area (Å²) in [5, 5.41) is 9.39. The second-order valence-corrected chi connectivity index (χ2v) is 3.36. The van der Waals surface area contributed by atoms with Crippen LogP contribution in [0.2, 0.25) is 0 Å². The molecule has 1 aliphatic heterocycles. The van der Waals surface area contributed by atoms with Crippen molar-refractivity contribution < 1.29 is 9.90 Å². The van der Waals surface area contributed by atoms with Crippen molar-refractivity contribution >= 4 is 17.7 Å². The summed E-state index contributed by atoms with van der Waals surface area (Å²) in [5.74, 6) is 0.0795. The molecule has 0 radical (unpaired) electrons. The Kier molecular flexibility index (Phi) is 1.38. The lowest BCUT2D eigenvalue weighted by Crippen LogP contribution is -1.99. The SMILES string of the molecule is O=C(O)c1nc2c([nH]1)CCS2. The number of carboxylic acids is 1. The normalized spacial score (nSPS) is 14.9. The van der Waals surface area contributed by atoms with Gasteiger partial charge in [-0.05, 0) is 6.42 Å². The van der Waals surface area contributed by atoms with Gasteiger partial charge in [0, 0.05) is 5.75 Å². The van der Waals surface area contributed by atoms with Crippen molar-refractivity contribution in [2.45, 2.75) is 11.4 Å². The van der Waals surface area contributed by atoms with E-state index < -0.39 is 5.97 Å². The Balaban J connectivity index is 2.42. The summed E-state index contributed by atoms with van der Waals surface area (Å²) < 4.78 is 0. The topological polar surface area (TPSA) is 66.0 Å².